The highest BCUT2D eigenvalue weighted by atomic mass is 19.1. The maximum atomic E-state index is 13.0. The molecule has 0 spiro atoms. The number of aromatic nitrogens is 1. The van der Waals surface area contributed by atoms with Crippen LogP contribution in [-0.4, -0.2) is 42.0 Å². The van der Waals surface area contributed by atoms with E-state index in [1.165, 1.54) is 12.1 Å². The van der Waals surface area contributed by atoms with E-state index in [1.807, 2.05) is 17.0 Å². The number of anilines is 1. The SMILES string of the molecule is O=C(c1ccc(F)cc1)N1CCN(c2cccc3cccnc23)CC1. The van der Waals surface area contributed by atoms with E-state index in [1.54, 1.807) is 18.3 Å². The number of fused-ring (bicyclic) bond motifs is 1. The van der Waals surface area contributed by atoms with Crippen molar-refractivity contribution >= 4 is 22.5 Å². The van der Waals surface area contributed by atoms with Gasteiger partial charge in [0.05, 0.1) is 11.2 Å². The molecule has 4 rings (SSSR count). The summed E-state index contributed by atoms with van der Waals surface area (Å²) in [5.41, 5.74) is 2.62. The number of pyridine rings is 1. The fourth-order valence-corrected chi connectivity index (χ4v) is 3.27. The number of halogens is 1. The summed E-state index contributed by atoms with van der Waals surface area (Å²) in [6.07, 6.45) is 1.81. The molecule has 1 aliphatic heterocycles. The van der Waals surface area contributed by atoms with Crippen LogP contribution in [0.2, 0.25) is 0 Å². The van der Waals surface area contributed by atoms with E-state index in [4.69, 9.17) is 0 Å². The second kappa shape index (κ2) is 6.51. The number of rotatable bonds is 2. The summed E-state index contributed by atoms with van der Waals surface area (Å²) >= 11 is 0. The van der Waals surface area contributed by atoms with Crippen molar-refractivity contribution in [3.8, 4) is 0 Å². The fraction of sp³-hybridized carbons (Fsp3) is 0.200. The van der Waals surface area contributed by atoms with E-state index >= 15 is 0 Å². The molecule has 0 bridgehead atoms. The van der Waals surface area contributed by atoms with Crippen LogP contribution < -0.4 is 4.90 Å². The number of piperazine rings is 1. The monoisotopic (exact) mass is 335 g/mol. The summed E-state index contributed by atoms with van der Waals surface area (Å²) in [6, 6.07) is 15.9. The topological polar surface area (TPSA) is 36.4 Å². The second-order valence-corrected chi connectivity index (χ2v) is 6.14. The first kappa shape index (κ1) is 15.6. The molecule has 1 amide bonds. The van der Waals surface area contributed by atoms with Crippen LogP contribution in [0.4, 0.5) is 10.1 Å². The Hall–Kier alpha value is -2.95. The van der Waals surface area contributed by atoms with Crippen molar-refractivity contribution in [2.45, 2.75) is 0 Å². The van der Waals surface area contributed by atoms with Crippen molar-refractivity contribution in [1.82, 2.24) is 9.88 Å². The molecule has 1 saturated heterocycles. The first-order valence-electron chi connectivity index (χ1n) is 8.36. The van der Waals surface area contributed by atoms with Crippen LogP contribution in [0.5, 0.6) is 0 Å². The van der Waals surface area contributed by atoms with Crippen LogP contribution >= 0.6 is 0 Å². The molecule has 0 unspecified atom stereocenters. The molecule has 126 valence electrons. The Labute approximate surface area is 145 Å². The fourth-order valence-electron chi connectivity index (χ4n) is 3.27. The van der Waals surface area contributed by atoms with Crippen LogP contribution in [0.1, 0.15) is 10.4 Å². The highest BCUT2D eigenvalue weighted by Crippen LogP contribution is 2.25. The summed E-state index contributed by atoms with van der Waals surface area (Å²) in [5, 5.41) is 1.12. The summed E-state index contributed by atoms with van der Waals surface area (Å²) < 4.78 is 13.0. The summed E-state index contributed by atoms with van der Waals surface area (Å²) in [7, 11) is 0. The minimum absolute atomic E-state index is 0.0457. The van der Waals surface area contributed by atoms with Gasteiger partial charge in [-0.05, 0) is 36.4 Å². The number of carbonyl (C=O) groups excluding carboxylic acids is 1. The average Bonchev–Trinajstić information content (AvgIpc) is 2.68. The molecule has 0 N–H and O–H groups in total. The predicted octanol–water partition coefficient (Wildman–Crippen LogP) is 3.34. The van der Waals surface area contributed by atoms with E-state index < -0.39 is 0 Å². The predicted molar refractivity (Wildman–Crippen MR) is 96.3 cm³/mol. The number of para-hydroxylation sites is 1. The Morgan fingerprint density at radius 3 is 2.40 bits per heavy atom. The molecular weight excluding hydrogens is 317 g/mol. The lowest BCUT2D eigenvalue weighted by Crippen LogP contribution is -2.48. The van der Waals surface area contributed by atoms with Crippen LogP contribution in [-0.2, 0) is 0 Å². The molecule has 1 fully saturated rings. The molecule has 3 aromatic rings. The zero-order valence-electron chi connectivity index (χ0n) is 13.7. The van der Waals surface area contributed by atoms with Gasteiger partial charge in [0, 0.05) is 43.3 Å². The van der Waals surface area contributed by atoms with Gasteiger partial charge >= 0.3 is 0 Å². The number of hydrogen-bond acceptors (Lipinski definition) is 3. The Morgan fingerprint density at radius 2 is 1.64 bits per heavy atom. The van der Waals surface area contributed by atoms with Crippen LogP contribution in [0.15, 0.2) is 60.8 Å². The molecule has 0 atom stereocenters. The molecule has 1 aromatic heterocycles. The summed E-state index contributed by atoms with van der Waals surface area (Å²) in [6.45, 7) is 2.78. The van der Waals surface area contributed by atoms with Crippen LogP contribution in [0.3, 0.4) is 0 Å². The van der Waals surface area contributed by atoms with Crippen molar-refractivity contribution in [2.75, 3.05) is 31.1 Å². The quantitative estimate of drug-likeness (QED) is 0.721. The third-order valence-corrected chi connectivity index (χ3v) is 4.61. The zero-order chi connectivity index (χ0) is 17.2. The molecule has 25 heavy (non-hydrogen) atoms. The van der Waals surface area contributed by atoms with Crippen LogP contribution in [0.25, 0.3) is 10.9 Å². The lowest BCUT2D eigenvalue weighted by molar-refractivity contribution is 0.0747. The summed E-state index contributed by atoms with van der Waals surface area (Å²) in [4.78, 5) is 21.1. The molecule has 0 saturated carbocycles. The Bertz CT molecular complexity index is 897. The number of benzene rings is 2. The smallest absolute Gasteiger partial charge is 0.253 e. The van der Waals surface area contributed by atoms with Gasteiger partial charge in [0.2, 0.25) is 0 Å². The second-order valence-electron chi connectivity index (χ2n) is 6.14. The van der Waals surface area contributed by atoms with E-state index in [-0.39, 0.29) is 11.7 Å². The minimum Gasteiger partial charge on any atom is -0.366 e. The minimum atomic E-state index is -0.329. The lowest BCUT2D eigenvalue weighted by atomic mass is 10.1. The molecule has 2 aromatic carbocycles. The summed E-state index contributed by atoms with van der Waals surface area (Å²) in [5.74, 6) is -0.375. The Balaban J connectivity index is 1.49. The van der Waals surface area contributed by atoms with Gasteiger partial charge < -0.3 is 9.80 Å². The number of hydrogen-bond donors (Lipinski definition) is 0. The molecule has 2 heterocycles. The lowest BCUT2D eigenvalue weighted by Gasteiger charge is -2.36. The molecule has 5 heteroatoms. The van der Waals surface area contributed by atoms with Gasteiger partial charge in [0.15, 0.2) is 0 Å². The Morgan fingerprint density at radius 1 is 0.920 bits per heavy atom. The van der Waals surface area contributed by atoms with Crippen molar-refractivity contribution in [3.63, 3.8) is 0 Å². The zero-order valence-corrected chi connectivity index (χ0v) is 13.7. The maximum absolute atomic E-state index is 13.0. The van der Waals surface area contributed by atoms with E-state index in [0.29, 0.717) is 18.7 Å². The van der Waals surface area contributed by atoms with Crippen molar-refractivity contribution in [1.29, 1.82) is 0 Å². The largest absolute Gasteiger partial charge is 0.366 e. The standard InChI is InChI=1S/C20H18FN3O/c21-17-8-6-16(7-9-17)20(25)24-13-11-23(12-14-24)18-5-1-3-15-4-2-10-22-19(15)18/h1-10H,11-14H2. The van der Waals surface area contributed by atoms with Crippen molar-refractivity contribution in [3.05, 3.63) is 72.2 Å². The molecule has 0 radical (unpaired) electrons. The highest BCUT2D eigenvalue weighted by molar-refractivity contribution is 5.94. The number of amides is 1. The highest BCUT2D eigenvalue weighted by Gasteiger charge is 2.23. The van der Waals surface area contributed by atoms with Crippen molar-refractivity contribution in [2.24, 2.45) is 0 Å². The first-order chi connectivity index (χ1) is 12.2. The number of nitrogens with zero attached hydrogens (tertiary/aromatic N) is 3. The normalized spacial score (nSPS) is 14.8. The van der Waals surface area contributed by atoms with Gasteiger partial charge in [0.25, 0.3) is 5.91 Å². The van der Waals surface area contributed by atoms with Crippen LogP contribution in [0, 0.1) is 5.82 Å². The van der Waals surface area contributed by atoms with E-state index in [0.717, 1.165) is 29.7 Å². The van der Waals surface area contributed by atoms with Gasteiger partial charge in [-0.3, -0.25) is 9.78 Å². The first-order valence-corrected chi connectivity index (χ1v) is 8.36. The molecule has 1 aliphatic rings. The molecule has 0 aliphatic carbocycles. The third kappa shape index (κ3) is 3.05. The Kier molecular flexibility index (Phi) is 4.06. The van der Waals surface area contributed by atoms with Crippen molar-refractivity contribution < 1.29 is 9.18 Å². The third-order valence-electron chi connectivity index (χ3n) is 4.61. The average molecular weight is 335 g/mol. The molecular formula is C20H18FN3O. The maximum Gasteiger partial charge on any atom is 0.253 e. The van der Waals surface area contributed by atoms with Gasteiger partial charge in [-0.15, -0.1) is 0 Å². The molecule has 4 nitrogen and oxygen atoms in total. The number of carbonyl (C=O) groups is 1. The van der Waals surface area contributed by atoms with Gasteiger partial charge in [-0.25, -0.2) is 4.39 Å². The van der Waals surface area contributed by atoms with Gasteiger partial charge in [0.1, 0.15) is 5.82 Å². The van der Waals surface area contributed by atoms with Gasteiger partial charge in [-0.1, -0.05) is 18.2 Å². The van der Waals surface area contributed by atoms with Gasteiger partial charge in [-0.2, -0.15) is 0 Å². The van der Waals surface area contributed by atoms with E-state index in [9.17, 15) is 9.18 Å². The van der Waals surface area contributed by atoms with E-state index in [2.05, 4.69) is 28.1 Å².